The van der Waals surface area contributed by atoms with Crippen molar-refractivity contribution < 1.29 is 14.4 Å². The van der Waals surface area contributed by atoms with E-state index in [-0.39, 0.29) is 18.2 Å². The van der Waals surface area contributed by atoms with Gasteiger partial charge in [-0.1, -0.05) is 42.5 Å². The van der Waals surface area contributed by atoms with Crippen molar-refractivity contribution in [3.05, 3.63) is 107 Å². The van der Waals surface area contributed by atoms with Crippen molar-refractivity contribution in [2.24, 2.45) is 0 Å². The van der Waals surface area contributed by atoms with Crippen molar-refractivity contribution in [2.45, 2.75) is 50.6 Å². The van der Waals surface area contributed by atoms with E-state index in [1.54, 1.807) is 4.90 Å². The molecule has 3 fully saturated rings. The summed E-state index contributed by atoms with van der Waals surface area (Å²) in [7, 11) is 0. The lowest BCUT2D eigenvalue weighted by atomic mass is 9.95. The number of carbonyl (C=O) groups excluding carboxylic acids is 3. The fourth-order valence-electron chi connectivity index (χ4n) is 7.51. The Kier molecular flexibility index (Phi) is 7.23. The van der Waals surface area contributed by atoms with Crippen LogP contribution in [0, 0.1) is 0 Å². The number of nitrogens with one attached hydrogen (secondary N) is 1. The van der Waals surface area contributed by atoms with Crippen LogP contribution in [-0.2, 0) is 22.6 Å². The Hall–Kier alpha value is -5.42. The molecular weight excluding hydrogens is 616 g/mol. The van der Waals surface area contributed by atoms with Gasteiger partial charge in [0.1, 0.15) is 18.2 Å². The highest BCUT2D eigenvalue weighted by Crippen LogP contribution is 2.42. The molecule has 3 aliphatic heterocycles. The minimum absolute atomic E-state index is 0.184. The average Bonchev–Trinajstić information content (AvgIpc) is 3.79. The number of anilines is 2. The maximum atomic E-state index is 13.5. The summed E-state index contributed by atoms with van der Waals surface area (Å²) < 4.78 is 1.93. The number of amides is 3. The van der Waals surface area contributed by atoms with Gasteiger partial charge < -0.3 is 4.90 Å². The Morgan fingerprint density at radius 3 is 2.45 bits per heavy atom. The number of rotatable bonds is 8. The van der Waals surface area contributed by atoms with Gasteiger partial charge in [-0.15, -0.1) is 0 Å². The number of piperazine rings is 1. The first kappa shape index (κ1) is 29.7. The van der Waals surface area contributed by atoms with Crippen LogP contribution in [0.3, 0.4) is 0 Å². The number of nitrogens with zero attached hydrogens (tertiary/aromatic N) is 7. The Labute approximate surface area is 283 Å². The van der Waals surface area contributed by atoms with Crippen LogP contribution in [0.25, 0.3) is 16.7 Å². The summed E-state index contributed by atoms with van der Waals surface area (Å²) in [5.74, 6) is 1.33. The van der Waals surface area contributed by atoms with Crippen LogP contribution >= 0.6 is 0 Å². The highest BCUT2D eigenvalue weighted by molar-refractivity contribution is 6.27. The fraction of sp³-hybridized carbons (Fsp3) is 0.316. The van der Waals surface area contributed by atoms with Gasteiger partial charge in [-0.2, -0.15) is 4.98 Å². The van der Waals surface area contributed by atoms with Gasteiger partial charge in [0.25, 0.3) is 5.91 Å². The second-order valence-electron chi connectivity index (χ2n) is 13.6. The molecule has 0 bridgehead atoms. The molecule has 2 aromatic heterocycles. The number of hydrogen-bond donors (Lipinski definition) is 1. The number of carbonyl (C=O) groups is 3. The second kappa shape index (κ2) is 11.9. The molecule has 9 rings (SSSR count). The van der Waals surface area contributed by atoms with Gasteiger partial charge in [0, 0.05) is 68.4 Å². The summed E-state index contributed by atoms with van der Waals surface area (Å²) in [5.41, 5.74) is 6.09. The number of piperidine rings is 1. The first-order chi connectivity index (χ1) is 24.0. The minimum atomic E-state index is -0.685. The third kappa shape index (κ3) is 5.53. The third-order valence-electron chi connectivity index (χ3n) is 10.3. The van der Waals surface area contributed by atoms with Gasteiger partial charge in [-0.25, -0.2) is 9.97 Å². The van der Waals surface area contributed by atoms with Crippen LogP contribution in [0.1, 0.15) is 64.3 Å². The van der Waals surface area contributed by atoms with Gasteiger partial charge in [0.15, 0.2) is 0 Å². The molecule has 1 saturated carbocycles. The van der Waals surface area contributed by atoms with Gasteiger partial charge in [-0.3, -0.25) is 34.1 Å². The highest BCUT2D eigenvalue weighted by atomic mass is 16.2. The molecule has 4 aliphatic rings. The molecule has 3 aromatic carbocycles. The van der Waals surface area contributed by atoms with E-state index in [2.05, 4.69) is 67.7 Å². The largest absolute Gasteiger partial charge is 0.354 e. The third-order valence-corrected chi connectivity index (χ3v) is 10.3. The van der Waals surface area contributed by atoms with E-state index in [4.69, 9.17) is 4.98 Å². The highest BCUT2D eigenvalue weighted by Gasteiger charge is 2.40. The summed E-state index contributed by atoms with van der Waals surface area (Å²) in [6, 6.07) is 19.9. The lowest BCUT2D eigenvalue weighted by Gasteiger charge is -2.35. The summed E-state index contributed by atoms with van der Waals surface area (Å²) in [5, 5.41) is 4.30. The van der Waals surface area contributed by atoms with Crippen LogP contribution in [-0.4, -0.2) is 74.4 Å². The molecule has 0 spiro atoms. The molecule has 1 atom stereocenters. The number of hydrogen-bond acceptors (Lipinski definition) is 8. The van der Waals surface area contributed by atoms with Gasteiger partial charge in [0.05, 0.1) is 11.4 Å². The average molecular weight is 653 g/mol. The van der Waals surface area contributed by atoms with Gasteiger partial charge >= 0.3 is 0 Å². The molecule has 0 radical (unpaired) electrons. The number of aromatic nitrogens is 4. The zero-order valence-electron chi connectivity index (χ0n) is 27.1. The Bertz CT molecular complexity index is 2110. The van der Waals surface area contributed by atoms with Gasteiger partial charge in [0.2, 0.25) is 17.8 Å². The summed E-state index contributed by atoms with van der Waals surface area (Å²) in [6.45, 7) is 4.60. The molecule has 2 saturated heterocycles. The van der Waals surface area contributed by atoms with Crippen molar-refractivity contribution in [2.75, 3.05) is 36.0 Å². The van der Waals surface area contributed by atoms with Gasteiger partial charge in [-0.05, 0) is 66.0 Å². The molecule has 1 aliphatic carbocycles. The maximum Gasteiger partial charge on any atom is 0.259 e. The molecule has 3 amide bonds. The van der Waals surface area contributed by atoms with E-state index in [1.807, 2.05) is 41.4 Å². The van der Waals surface area contributed by atoms with E-state index in [0.717, 1.165) is 72.7 Å². The van der Waals surface area contributed by atoms with E-state index < -0.39 is 11.9 Å². The monoisotopic (exact) mass is 652 g/mol. The summed E-state index contributed by atoms with van der Waals surface area (Å²) in [4.78, 5) is 58.2. The molecule has 1 unspecified atom stereocenters. The van der Waals surface area contributed by atoms with Crippen molar-refractivity contribution in [3.8, 4) is 5.95 Å². The molecule has 11 heteroatoms. The minimum Gasteiger partial charge on any atom is -0.354 e. The Morgan fingerprint density at radius 2 is 1.65 bits per heavy atom. The van der Waals surface area contributed by atoms with Crippen molar-refractivity contribution >= 4 is 40.0 Å². The zero-order chi connectivity index (χ0) is 33.1. The molecule has 5 aromatic rings. The van der Waals surface area contributed by atoms with Crippen LogP contribution in [0.2, 0.25) is 0 Å². The summed E-state index contributed by atoms with van der Waals surface area (Å²) in [6.07, 6.45) is 9.44. The number of benzene rings is 3. The molecular formula is C38H36N8O3. The predicted molar refractivity (Wildman–Crippen MR) is 185 cm³/mol. The summed E-state index contributed by atoms with van der Waals surface area (Å²) >= 11 is 0. The van der Waals surface area contributed by atoms with Crippen molar-refractivity contribution in [1.29, 1.82) is 0 Å². The normalized spacial score (nSPS) is 19.6. The fourth-order valence-corrected chi connectivity index (χ4v) is 7.51. The molecule has 5 heterocycles. The van der Waals surface area contributed by atoms with Crippen LogP contribution in [0.15, 0.2) is 79.4 Å². The topological polar surface area (TPSA) is 117 Å². The standard InChI is InChI=1S/C38H36N8O3/c47-34-13-12-32(36(48)42-34)46-31-11-10-27(28-2-1-3-29(35(28)31)37(46)49)20-24-4-6-25(7-5-24)21-43-16-18-44(19-17-43)33-14-15-39-38(41-33)45-22-30(40-23-45)26-8-9-26/h1-7,10-11,14-15,22-23,26,32H,8-9,12-13,16-21H2,(H,42,47,48). The van der Waals surface area contributed by atoms with Crippen LogP contribution in [0.5, 0.6) is 0 Å². The Morgan fingerprint density at radius 1 is 0.837 bits per heavy atom. The van der Waals surface area contributed by atoms with E-state index >= 15 is 0 Å². The second-order valence-corrected chi connectivity index (χ2v) is 13.6. The number of imidazole rings is 1. The Balaban J connectivity index is 0.845. The maximum absolute atomic E-state index is 13.5. The first-order valence-electron chi connectivity index (χ1n) is 17.1. The zero-order valence-corrected chi connectivity index (χ0v) is 27.1. The van der Waals surface area contributed by atoms with E-state index in [0.29, 0.717) is 23.9 Å². The molecule has 11 nitrogen and oxygen atoms in total. The first-order valence-corrected chi connectivity index (χ1v) is 17.1. The van der Waals surface area contributed by atoms with Crippen molar-refractivity contribution in [3.63, 3.8) is 0 Å². The number of imide groups is 1. The van der Waals surface area contributed by atoms with E-state index in [9.17, 15) is 14.4 Å². The van der Waals surface area contributed by atoms with E-state index in [1.165, 1.54) is 24.0 Å². The SMILES string of the molecule is O=C1CCC(N2C(=O)c3cccc4c(Cc5ccc(CN6CCN(c7ccnc(-n8cnc(C9CC9)c8)n7)CC6)cc5)ccc2c34)C(=O)N1. The molecule has 246 valence electrons. The quantitative estimate of drug-likeness (QED) is 0.246. The smallest absolute Gasteiger partial charge is 0.259 e. The lowest BCUT2D eigenvalue weighted by Crippen LogP contribution is -2.53. The molecule has 1 N–H and O–H groups in total. The van der Waals surface area contributed by atoms with Crippen LogP contribution in [0.4, 0.5) is 11.5 Å². The van der Waals surface area contributed by atoms with Crippen LogP contribution < -0.4 is 15.1 Å². The lowest BCUT2D eigenvalue weighted by molar-refractivity contribution is -0.134. The predicted octanol–water partition coefficient (Wildman–Crippen LogP) is 4.37. The van der Waals surface area contributed by atoms with Crippen molar-refractivity contribution in [1.82, 2.24) is 29.7 Å². The molecule has 49 heavy (non-hydrogen) atoms.